The van der Waals surface area contributed by atoms with Crippen molar-refractivity contribution in [2.45, 2.75) is 44.9 Å². The number of esters is 2. The van der Waals surface area contributed by atoms with Crippen molar-refractivity contribution in [3.05, 3.63) is 95.6 Å². The lowest BCUT2D eigenvalue weighted by Crippen LogP contribution is -2.16. The number of carbonyl (C=O) groups is 2. The van der Waals surface area contributed by atoms with Crippen LogP contribution in [0.4, 0.5) is 0 Å². The lowest BCUT2D eigenvalue weighted by molar-refractivity contribution is -0.150. The standard InChI is InChI=1S/C30H32O4/c31-29(21-23-9-7-15-27(19-23)25-11-3-1-4-12-25)33-17-18-34-30(32)22-24-10-8-16-28(20-24)26-13-5-2-6-14-26/h1-6,11-14,19-21,24H,7-10,15-18,22H2. The van der Waals surface area contributed by atoms with Crippen LogP contribution in [0, 0.1) is 5.92 Å². The first-order valence-corrected chi connectivity index (χ1v) is 12.2. The molecule has 34 heavy (non-hydrogen) atoms. The Morgan fingerprint density at radius 3 is 2.18 bits per heavy atom. The van der Waals surface area contributed by atoms with E-state index in [0.29, 0.717) is 6.42 Å². The first kappa shape index (κ1) is 23.7. The normalized spacial score (nSPS) is 19.2. The van der Waals surface area contributed by atoms with Gasteiger partial charge in [0.1, 0.15) is 13.2 Å². The van der Waals surface area contributed by atoms with Crippen LogP contribution in [-0.4, -0.2) is 25.2 Å². The lowest BCUT2D eigenvalue weighted by atomic mass is 9.85. The largest absolute Gasteiger partial charge is 0.462 e. The van der Waals surface area contributed by atoms with Crippen LogP contribution in [0.5, 0.6) is 0 Å². The van der Waals surface area contributed by atoms with E-state index >= 15 is 0 Å². The molecule has 0 aromatic heterocycles. The third-order valence-corrected chi connectivity index (χ3v) is 6.34. The molecule has 1 unspecified atom stereocenters. The van der Waals surface area contributed by atoms with Gasteiger partial charge >= 0.3 is 11.9 Å². The Bertz CT molecular complexity index is 1060. The minimum Gasteiger partial charge on any atom is -0.462 e. The molecule has 0 radical (unpaired) electrons. The van der Waals surface area contributed by atoms with Gasteiger partial charge in [-0.05, 0) is 72.3 Å². The molecule has 2 aromatic rings. The van der Waals surface area contributed by atoms with Gasteiger partial charge in [-0.2, -0.15) is 0 Å². The molecule has 0 fully saturated rings. The Balaban J connectivity index is 1.20. The summed E-state index contributed by atoms with van der Waals surface area (Å²) in [7, 11) is 0. The van der Waals surface area contributed by atoms with Crippen molar-refractivity contribution >= 4 is 23.1 Å². The van der Waals surface area contributed by atoms with E-state index in [1.165, 1.54) is 22.3 Å². The molecule has 0 amide bonds. The quantitative estimate of drug-likeness (QED) is 0.257. The summed E-state index contributed by atoms with van der Waals surface area (Å²) >= 11 is 0. The molecule has 0 bridgehead atoms. The molecule has 176 valence electrons. The van der Waals surface area contributed by atoms with Crippen molar-refractivity contribution in [2.75, 3.05) is 13.2 Å². The number of ether oxygens (including phenoxy) is 2. The summed E-state index contributed by atoms with van der Waals surface area (Å²) in [6, 6.07) is 20.5. The average molecular weight is 457 g/mol. The fraction of sp³-hybridized carbons (Fsp3) is 0.333. The SMILES string of the molecule is O=C(C=C1C=C(c2ccccc2)CCC1)OCCOC(=O)CC1C=C(c2ccccc2)CCC1. The Hall–Kier alpha value is -3.40. The summed E-state index contributed by atoms with van der Waals surface area (Å²) in [5.41, 5.74) is 5.94. The third kappa shape index (κ3) is 7.05. The van der Waals surface area contributed by atoms with Crippen LogP contribution < -0.4 is 0 Å². The van der Waals surface area contributed by atoms with Gasteiger partial charge in [-0.15, -0.1) is 0 Å². The Kier molecular flexibility index (Phi) is 8.50. The van der Waals surface area contributed by atoms with E-state index in [9.17, 15) is 9.59 Å². The van der Waals surface area contributed by atoms with E-state index in [1.54, 1.807) is 6.08 Å². The molecule has 0 heterocycles. The summed E-state index contributed by atoms with van der Waals surface area (Å²) < 4.78 is 10.6. The predicted octanol–water partition coefficient (Wildman–Crippen LogP) is 6.54. The zero-order valence-corrected chi connectivity index (χ0v) is 19.6. The summed E-state index contributed by atoms with van der Waals surface area (Å²) in [5, 5.41) is 0. The molecule has 4 rings (SSSR count). The lowest BCUT2D eigenvalue weighted by Gasteiger charge is -2.20. The highest BCUT2D eigenvalue weighted by Crippen LogP contribution is 2.32. The van der Waals surface area contributed by atoms with Crippen LogP contribution in [-0.2, 0) is 19.1 Å². The number of carbonyl (C=O) groups excluding carboxylic acids is 2. The average Bonchev–Trinajstić information content (AvgIpc) is 2.88. The molecule has 4 heteroatoms. The van der Waals surface area contributed by atoms with Gasteiger partial charge in [-0.3, -0.25) is 4.79 Å². The van der Waals surface area contributed by atoms with Gasteiger partial charge in [0.2, 0.25) is 0 Å². The highest BCUT2D eigenvalue weighted by atomic mass is 16.6. The van der Waals surface area contributed by atoms with E-state index in [1.807, 2.05) is 36.4 Å². The van der Waals surface area contributed by atoms with Crippen molar-refractivity contribution in [1.29, 1.82) is 0 Å². The number of allylic oxidation sites excluding steroid dienone is 5. The molecule has 0 aliphatic heterocycles. The maximum Gasteiger partial charge on any atom is 0.331 e. The highest BCUT2D eigenvalue weighted by Gasteiger charge is 2.18. The van der Waals surface area contributed by atoms with Crippen LogP contribution >= 0.6 is 0 Å². The first-order chi connectivity index (χ1) is 16.7. The Labute approximate surface area is 202 Å². The van der Waals surface area contributed by atoms with E-state index in [-0.39, 0.29) is 31.1 Å². The molecule has 1 atom stereocenters. The van der Waals surface area contributed by atoms with Crippen molar-refractivity contribution in [3.8, 4) is 0 Å². The summed E-state index contributed by atoms with van der Waals surface area (Å²) in [6.07, 6.45) is 12.2. The number of rotatable bonds is 8. The molecular formula is C30H32O4. The zero-order valence-electron chi connectivity index (χ0n) is 19.6. The molecule has 2 aromatic carbocycles. The molecule has 0 saturated carbocycles. The van der Waals surface area contributed by atoms with Gasteiger partial charge in [0.15, 0.2) is 0 Å². The van der Waals surface area contributed by atoms with Gasteiger partial charge in [0, 0.05) is 6.08 Å². The van der Waals surface area contributed by atoms with Gasteiger partial charge < -0.3 is 9.47 Å². The molecule has 4 nitrogen and oxygen atoms in total. The smallest absolute Gasteiger partial charge is 0.331 e. The van der Waals surface area contributed by atoms with Crippen LogP contribution in [0.1, 0.15) is 56.1 Å². The summed E-state index contributed by atoms with van der Waals surface area (Å²) in [4.78, 5) is 24.5. The Morgan fingerprint density at radius 1 is 0.794 bits per heavy atom. The molecule has 2 aliphatic carbocycles. The third-order valence-electron chi connectivity index (χ3n) is 6.34. The van der Waals surface area contributed by atoms with Gasteiger partial charge in [0.25, 0.3) is 0 Å². The second-order valence-electron chi connectivity index (χ2n) is 8.91. The molecule has 0 saturated heterocycles. The first-order valence-electron chi connectivity index (χ1n) is 12.2. The van der Waals surface area contributed by atoms with Crippen molar-refractivity contribution in [2.24, 2.45) is 5.92 Å². The number of hydrogen-bond acceptors (Lipinski definition) is 4. The molecule has 0 spiro atoms. The van der Waals surface area contributed by atoms with Crippen LogP contribution in [0.15, 0.2) is 84.5 Å². The summed E-state index contributed by atoms with van der Waals surface area (Å²) in [5.74, 6) is -0.437. The van der Waals surface area contributed by atoms with Crippen LogP contribution in [0.25, 0.3) is 11.1 Å². The maximum absolute atomic E-state index is 12.3. The van der Waals surface area contributed by atoms with Crippen LogP contribution in [0.2, 0.25) is 0 Å². The van der Waals surface area contributed by atoms with Crippen molar-refractivity contribution in [3.63, 3.8) is 0 Å². The number of hydrogen-bond donors (Lipinski definition) is 0. The minimum atomic E-state index is -0.390. The summed E-state index contributed by atoms with van der Waals surface area (Å²) in [6.45, 7) is 0.153. The highest BCUT2D eigenvalue weighted by molar-refractivity contribution is 5.84. The second-order valence-corrected chi connectivity index (χ2v) is 8.91. The van der Waals surface area contributed by atoms with Crippen molar-refractivity contribution in [1.82, 2.24) is 0 Å². The van der Waals surface area contributed by atoms with Crippen LogP contribution in [0.3, 0.4) is 0 Å². The zero-order chi connectivity index (χ0) is 23.6. The molecule has 0 N–H and O–H groups in total. The minimum absolute atomic E-state index is 0.0688. The van der Waals surface area contributed by atoms with E-state index in [2.05, 4.69) is 36.4 Å². The second kappa shape index (κ2) is 12.2. The molecule has 2 aliphatic rings. The fourth-order valence-electron chi connectivity index (χ4n) is 4.67. The predicted molar refractivity (Wildman–Crippen MR) is 135 cm³/mol. The monoisotopic (exact) mass is 456 g/mol. The van der Waals surface area contributed by atoms with Crippen molar-refractivity contribution < 1.29 is 19.1 Å². The Morgan fingerprint density at radius 2 is 1.44 bits per heavy atom. The molecular weight excluding hydrogens is 424 g/mol. The van der Waals surface area contributed by atoms with Gasteiger partial charge in [0.05, 0.1) is 6.42 Å². The van der Waals surface area contributed by atoms with E-state index < -0.39 is 0 Å². The van der Waals surface area contributed by atoms with Gasteiger partial charge in [-0.1, -0.05) is 72.8 Å². The topological polar surface area (TPSA) is 52.6 Å². The fourth-order valence-corrected chi connectivity index (χ4v) is 4.67. The van der Waals surface area contributed by atoms with Gasteiger partial charge in [-0.25, -0.2) is 4.79 Å². The number of benzene rings is 2. The van der Waals surface area contributed by atoms with E-state index in [0.717, 1.165) is 44.1 Å². The maximum atomic E-state index is 12.3. The van der Waals surface area contributed by atoms with E-state index in [4.69, 9.17) is 9.47 Å².